The van der Waals surface area contributed by atoms with E-state index in [9.17, 15) is 4.79 Å². The van der Waals surface area contributed by atoms with Crippen LogP contribution in [-0.4, -0.2) is 51.8 Å². The quantitative estimate of drug-likeness (QED) is 0.749. The number of benzene rings is 1. The summed E-state index contributed by atoms with van der Waals surface area (Å²) in [5.74, 6) is 0.427. The Morgan fingerprint density at radius 3 is 2.74 bits per heavy atom. The Hall–Kier alpha value is -2.80. The zero-order valence-electron chi connectivity index (χ0n) is 15.1. The number of carbonyl (C=O) groups excluding carboxylic acids is 1. The maximum absolute atomic E-state index is 12.7. The first kappa shape index (κ1) is 17.6. The Balaban J connectivity index is 1.42. The van der Waals surface area contributed by atoms with Gasteiger partial charge in [-0.2, -0.15) is 5.10 Å². The van der Waals surface area contributed by atoms with Crippen molar-refractivity contribution < 1.29 is 4.79 Å². The molecule has 0 bridgehead atoms. The Bertz CT molecular complexity index is 993. The van der Waals surface area contributed by atoms with Crippen LogP contribution in [0.15, 0.2) is 36.7 Å². The molecule has 4 rings (SSSR count). The molecule has 1 fully saturated rings. The smallest absolute Gasteiger partial charge is 0.244 e. The fourth-order valence-electron chi connectivity index (χ4n) is 3.45. The molecular weight excluding hydrogens is 364 g/mol. The molecule has 1 saturated heterocycles. The van der Waals surface area contributed by atoms with Crippen molar-refractivity contribution in [2.24, 2.45) is 0 Å². The van der Waals surface area contributed by atoms with Gasteiger partial charge in [0.25, 0.3) is 0 Å². The van der Waals surface area contributed by atoms with E-state index in [2.05, 4.69) is 21.0 Å². The summed E-state index contributed by atoms with van der Waals surface area (Å²) in [6, 6.07) is 7.88. The molecule has 2 N–H and O–H groups in total. The number of nitrogens with two attached hydrogens (primary N) is 1. The van der Waals surface area contributed by atoms with Gasteiger partial charge in [-0.05, 0) is 36.8 Å². The van der Waals surface area contributed by atoms with E-state index in [-0.39, 0.29) is 12.5 Å². The summed E-state index contributed by atoms with van der Waals surface area (Å²) >= 11 is 6.11. The monoisotopic (exact) mass is 384 g/mol. The van der Waals surface area contributed by atoms with Crippen LogP contribution in [-0.2, 0) is 11.3 Å². The average molecular weight is 385 g/mol. The summed E-state index contributed by atoms with van der Waals surface area (Å²) in [5.41, 5.74) is 8.86. The number of halogens is 1. The maximum Gasteiger partial charge on any atom is 0.244 e. The largest absolute Gasteiger partial charge is 0.382 e. The molecule has 0 aliphatic carbocycles. The zero-order chi connectivity index (χ0) is 19.0. The third-order valence-corrected chi connectivity index (χ3v) is 5.43. The van der Waals surface area contributed by atoms with Crippen molar-refractivity contribution in [1.82, 2.24) is 19.7 Å². The number of nitrogen functional groups attached to an aromatic ring is 1. The van der Waals surface area contributed by atoms with Crippen molar-refractivity contribution in [1.29, 1.82) is 0 Å². The minimum Gasteiger partial charge on any atom is -0.382 e. The molecule has 3 heterocycles. The second kappa shape index (κ2) is 7.08. The van der Waals surface area contributed by atoms with Gasteiger partial charge in [0.05, 0.1) is 6.20 Å². The highest BCUT2D eigenvalue weighted by Crippen LogP contribution is 2.24. The number of aryl methyl sites for hydroxylation is 1. The van der Waals surface area contributed by atoms with Gasteiger partial charge in [0.15, 0.2) is 0 Å². The van der Waals surface area contributed by atoms with Gasteiger partial charge in [-0.3, -0.25) is 9.48 Å². The van der Waals surface area contributed by atoms with Crippen LogP contribution in [0.3, 0.4) is 0 Å². The Kier molecular flexibility index (Phi) is 4.61. The van der Waals surface area contributed by atoms with Crippen LogP contribution in [0.2, 0.25) is 5.02 Å². The molecule has 3 aromatic rings. The molecule has 140 valence electrons. The maximum atomic E-state index is 12.7. The fraction of sp³-hybridized carbons (Fsp3) is 0.316. The molecule has 8 heteroatoms. The lowest BCUT2D eigenvalue weighted by molar-refractivity contribution is -0.132. The normalized spacial score (nSPS) is 14.7. The molecule has 0 saturated carbocycles. The molecule has 1 aliphatic heterocycles. The van der Waals surface area contributed by atoms with Gasteiger partial charge in [0, 0.05) is 48.5 Å². The fourth-order valence-corrected chi connectivity index (χ4v) is 3.57. The molecule has 0 atom stereocenters. The first-order valence-corrected chi connectivity index (χ1v) is 9.25. The molecular formula is C19H21ClN6O. The van der Waals surface area contributed by atoms with Crippen molar-refractivity contribution in [3.8, 4) is 0 Å². The molecule has 1 aromatic carbocycles. The van der Waals surface area contributed by atoms with Crippen LogP contribution >= 0.6 is 11.6 Å². The van der Waals surface area contributed by atoms with E-state index >= 15 is 0 Å². The van der Waals surface area contributed by atoms with Crippen molar-refractivity contribution in [3.63, 3.8) is 0 Å². The van der Waals surface area contributed by atoms with E-state index in [1.807, 2.05) is 30.0 Å². The number of hydrogen-bond donors (Lipinski definition) is 1. The number of hydrogen-bond acceptors (Lipinski definition) is 5. The van der Waals surface area contributed by atoms with Gasteiger partial charge in [-0.1, -0.05) is 11.6 Å². The van der Waals surface area contributed by atoms with Crippen LogP contribution < -0.4 is 10.6 Å². The molecule has 2 aromatic heterocycles. The summed E-state index contributed by atoms with van der Waals surface area (Å²) in [7, 11) is 0. The number of carbonyl (C=O) groups is 1. The number of aromatic nitrogens is 3. The lowest BCUT2D eigenvalue weighted by atomic mass is 10.2. The standard InChI is InChI=1S/C19H21ClN6O/c1-13-10-15(2-3-16(13)20)24-6-8-25(9-7-24)17(27)12-26-18-14(11-23-26)4-5-22-19(18)21/h2-5,10-11H,6-9,12H2,1H3,(H2,21,22). The van der Waals surface area contributed by atoms with Gasteiger partial charge in [0.1, 0.15) is 17.9 Å². The van der Waals surface area contributed by atoms with Crippen LogP contribution in [0.5, 0.6) is 0 Å². The van der Waals surface area contributed by atoms with E-state index < -0.39 is 0 Å². The van der Waals surface area contributed by atoms with Crippen LogP contribution in [0.4, 0.5) is 11.5 Å². The van der Waals surface area contributed by atoms with Crippen molar-refractivity contribution >= 4 is 39.9 Å². The van der Waals surface area contributed by atoms with E-state index in [1.54, 1.807) is 17.1 Å². The number of pyridine rings is 1. The Morgan fingerprint density at radius 2 is 2.00 bits per heavy atom. The minimum absolute atomic E-state index is 0.0372. The SMILES string of the molecule is Cc1cc(N2CCN(C(=O)Cn3ncc4ccnc(N)c43)CC2)ccc1Cl. The second-order valence-electron chi connectivity index (χ2n) is 6.74. The highest BCUT2D eigenvalue weighted by Gasteiger charge is 2.22. The number of piperazine rings is 1. The van der Waals surface area contributed by atoms with E-state index in [0.29, 0.717) is 24.4 Å². The topological polar surface area (TPSA) is 80.3 Å². The summed E-state index contributed by atoms with van der Waals surface area (Å²) < 4.78 is 1.63. The summed E-state index contributed by atoms with van der Waals surface area (Å²) in [5, 5.41) is 5.96. The Morgan fingerprint density at radius 1 is 1.22 bits per heavy atom. The Labute approximate surface area is 162 Å². The number of amides is 1. The lowest BCUT2D eigenvalue weighted by Gasteiger charge is -2.36. The molecule has 1 aliphatic rings. The number of rotatable bonds is 3. The van der Waals surface area contributed by atoms with Crippen molar-refractivity contribution in [2.75, 3.05) is 36.8 Å². The number of fused-ring (bicyclic) bond motifs is 1. The molecule has 0 radical (unpaired) electrons. The van der Waals surface area contributed by atoms with E-state index in [0.717, 1.165) is 34.7 Å². The molecule has 27 heavy (non-hydrogen) atoms. The van der Waals surface area contributed by atoms with Crippen molar-refractivity contribution in [2.45, 2.75) is 13.5 Å². The second-order valence-corrected chi connectivity index (χ2v) is 7.14. The zero-order valence-corrected chi connectivity index (χ0v) is 15.9. The molecule has 7 nitrogen and oxygen atoms in total. The first-order chi connectivity index (χ1) is 13.0. The summed E-state index contributed by atoms with van der Waals surface area (Å²) in [6.45, 7) is 5.09. The predicted octanol–water partition coefficient (Wildman–Crippen LogP) is 2.32. The summed E-state index contributed by atoms with van der Waals surface area (Å²) in [4.78, 5) is 21.0. The van der Waals surface area contributed by atoms with Gasteiger partial charge < -0.3 is 15.5 Å². The average Bonchev–Trinajstić information content (AvgIpc) is 3.08. The van der Waals surface area contributed by atoms with E-state index in [1.165, 1.54) is 0 Å². The van der Waals surface area contributed by atoms with Crippen LogP contribution in [0.25, 0.3) is 10.9 Å². The first-order valence-electron chi connectivity index (χ1n) is 8.88. The van der Waals surface area contributed by atoms with Gasteiger partial charge in [-0.25, -0.2) is 4.98 Å². The van der Waals surface area contributed by atoms with E-state index in [4.69, 9.17) is 17.3 Å². The highest BCUT2D eigenvalue weighted by atomic mass is 35.5. The van der Waals surface area contributed by atoms with Crippen molar-refractivity contribution in [3.05, 3.63) is 47.2 Å². The minimum atomic E-state index is 0.0372. The van der Waals surface area contributed by atoms with Crippen LogP contribution in [0, 0.1) is 6.92 Å². The number of nitrogens with zero attached hydrogens (tertiary/aromatic N) is 5. The highest BCUT2D eigenvalue weighted by molar-refractivity contribution is 6.31. The van der Waals surface area contributed by atoms with Gasteiger partial charge >= 0.3 is 0 Å². The summed E-state index contributed by atoms with van der Waals surface area (Å²) in [6.07, 6.45) is 3.35. The third kappa shape index (κ3) is 3.42. The van der Waals surface area contributed by atoms with Gasteiger partial charge in [0.2, 0.25) is 5.91 Å². The molecule has 1 amide bonds. The third-order valence-electron chi connectivity index (χ3n) is 5.00. The van der Waals surface area contributed by atoms with Gasteiger partial charge in [-0.15, -0.1) is 0 Å². The predicted molar refractivity (Wildman–Crippen MR) is 107 cm³/mol. The van der Waals surface area contributed by atoms with Crippen LogP contribution in [0.1, 0.15) is 5.56 Å². The molecule has 0 spiro atoms. The molecule has 0 unspecified atom stereocenters. The lowest BCUT2D eigenvalue weighted by Crippen LogP contribution is -2.49. The number of anilines is 2.